The summed E-state index contributed by atoms with van der Waals surface area (Å²) in [7, 11) is 0. The van der Waals surface area contributed by atoms with E-state index in [0.29, 0.717) is 35.8 Å². The topological polar surface area (TPSA) is 58.9 Å². The summed E-state index contributed by atoms with van der Waals surface area (Å²) in [5.74, 6) is 0.642. The van der Waals surface area contributed by atoms with Crippen LogP contribution < -0.4 is 9.47 Å². The molecule has 4 heteroatoms. The third kappa shape index (κ3) is 4.48. The minimum atomic E-state index is -0.0275. The summed E-state index contributed by atoms with van der Waals surface area (Å²) in [6, 6.07) is 38.9. The zero-order chi connectivity index (χ0) is 25.9. The molecule has 38 heavy (non-hydrogen) atoms. The minimum Gasteiger partial charge on any atom is -0.504 e. The molecule has 0 aliphatic rings. The molecule has 0 aromatic heterocycles. The Morgan fingerprint density at radius 3 is 1.24 bits per heavy atom. The molecule has 0 fully saturated rings. The van der Waals surface area contributed by atoms with Crippen LogP contribution in [0.25, 0.3) is 32.7 Å². The highest BCUT2D eigenvalue weighted by Crippen LogP contribution is 2.51. The predicted molar refractivity (Wildman–Crippen MR) is 152 cm³/mol. The highest BCUT2D eigenvalue weighted by atomic mass is 16.5. The van der Waals surface area contributed by atoms with Gasteiger partial charge in [0.2, 0.25) is 0 Å². The molecule has 0 saturated heterocycles. The average molecular weight is 499 g/mol. The maximum atomic E-state index is 11.6. The van der Waals surface area contributed by atoms with Crippen LogP contribution in [0.2, 0.25) is 0 Å². The lowest BCUT2D eigenvalue weighted by molar-refractivity contribution is 0.288. The van der Waals surface area contributed by atoms with Crippen molar-refractivity contribution in [3.8, 4) is 34.1 Å². The van der Waals surface area contributed by atoms with Gasteiger partial charge in [0.25, 0.3) is 0 Å². The first-order valence-electron chi connectivity index (χ1n) is 12.5. The summed E-state index contributed by atoms with van der Waals surface area (Å²) >= 11 is 0. The van der Waals surface area contributed by atoms with Crippen molar-refractivity contribution in [3.05, 3.63) is 132 Å². The standard InChI is InChI=1S/C34H26O4/c35-33-29(37-21-23-11-3-1-4-12-23)19-25-15-7-9-17-27(25)31(33)32-28-18-10-8-16-26(28)20-30(34(32)36)38-22-24-13-5-2-6-14-24/h1-20,35-36H,21-22H2. The van der Waals surface area contributed by atoms with Gasteiger partial charge < -0.3 is 19.7 Å². The SMILES string of the molecule is Oc1c(OCc2ccccc2)cc2ccccc2c1-c1c(O)c(OCc2ccccc2)cc2ccccc12. The van der Waals surface area contributed by atoms with Crippen LogP contribution in [0.5, 0.6) is 23.0 Å². The summed E-state index contributed by atoms with van der Waals surface area (Å²) in [5, 5.41) is 26.6. The highest BCUT2D eigenvalue weighted by molar-refractivity contribution is 6.11. The van der Waals surface area contributed by atoms with Gasteiger partial charge in [-0.15, -0.1) is 0 Å². The fraction of sp³-hybridized carbons (Fsp3) is 0.0588. The second-order valence-corrected chi connectivity index (χ2v) is 9.19. The Labute approximate surface area is 221 Å². The molecule has 0 radical (unpaired) electrons. The van der Waals surface area contributed by atoms with E-state index in [1.165, 1.54) is 0 Å². The number of phenolic OH excluding ortho intramolecular Hbond substituents is 2. The zero-order valence-corrected chi connectivity index (χ0v) is 20.7. The number of ether oxygens (including phenoxy) is 2. The van der Waals surface area contributed by atoms with Gasteiger partial charge in [-0.05, 0) is 44.8 Å². The smallest absolute Gasteiger partial charge is 0.166 e. The fourth-order valence-electron chi connectivity index (χ4n) is 4.82. The van der Waals surface area contributed by atoms with Crippen LogP contribution in [0.4, 0.5) is 0 Å². The van der Waals surface area contributed by atoms with Crippen molar-refractivity contribution in [1.82, 2.24) is 0 Å². The van der Waals surface area contributed by atoms with Gasteiger partial charge in [0.05, 0.1) is 0 Å². The third-order valence-electron chi connectivity index (χ3n) is 6.70. The Morgan fingerprint density at radius 1 is 0.447 bits per heavy atom. The van der Waals surface area contributed by atoms with Crippen molar-refractivity contribution in [2.75, 3.05) is 0 Å². The van der Waals surface area contributed by atoms with Crippen LogP contribution in [0.1, 0.15) is 11.1 Å². The van der Waals surface area contributed by atoms with Crippen molar-refractivity contribution in [3.63, 3.8) is 0 Å². The number of benzene rings is 6. The first kappa shape index (κ1) is 23.4. The zero-order valence-electron chi connectivity index (χ0n) is 20.7. The summed E-state index contributed by atoms with van der Waals surface area (Å²) in [6.07, 6.45) is 0. The van der Waals surface area contributed by atoms with Gasteiger partial charge in [0, 0.05) is 11.1 Å². The van der Waals surface area contributed by atoms with E-state index < -0.39 is 0 Å². The van der Waals surface area contributed by atoms with Gasteiger partial charge in [0.15, 0.2) is 23.0 Å². The summed E-state index contributed by atoms with van der Waals surface area (Å²) in [6.45, 7) is 0.609. The molecule has 6 aromatic rings. The molecule has 4 nitrogen and oxygen atoms in total. The lowest BCUT2D eigenvalue weighted by Crippen LogP contribution is -1.98. The predicted octanol–water partition coefficient (Wildman–Crippen LogP) is 8.23. The lowest BCUT2D eigenvalue weighted by Gasteiger charge is -2.19. The Hall–Kier alpha value is -4.96. The van der Waals surface area contributed by atoms with Crippen LogP contribution in [-0.2, 0) is 13.2 Å². The average Bonchev–Trinajstić information content (AvgIpc) is 2.97. The minimum absolute atomic E-state index is 0.0275. The van der Waals surface area contributed by atoms with Gasteiger partial charge in [-0.2, -0.15) is 0 Å². The molecule has 0 bridgehead atoms. The van der Waals surface area contributed by atoms with E-state index in [4.69, 9.17) is 9.47 Å². The number of hydrogen-bond acceptors (Lipinski definition) is 4. The quantitative estimate of drug-likeness (QED) is 0.233. The fourth-order valence-corrected chi connectivity index (χ4v) is 4.82. The molecule has 6 rings (SSSR count). The van der Waals surface area contributed by atoms with Crippen molar-refractivity contribution < 1.29 is 19.7 Å². The second kappa shape index (κ2) is 10.2. The first-order chi connectivity index (χ1) is 18.7. The van der Waals surface area contributed by atoms with E-state index in [1.807, 2.05) is 121 Å². The lowest BCUT2D eigenvalue weighted by atomic mass is 9.91. The van der Waals surface area contributed by atoms with E-state index in [9.17, 15) is 10.2 Å². The van der Waals surface area contributed by atoms with Gasteiger partial charge >= 0.3 is 0 Å². The molecular formula is C34H26O4. The van der Waals surface area contributed by atoms with Crippen molar-refractivity contribution in [1.29, 1.82) is 0 Å². The second-order valence-electron chi connectivity index (χ2n) is 9.19. The number of aromatic hydroxyl groups is 2. The van der Waals surface area contributed by atoms with E-state index >= 15 is 0 Å². The Morgan fingerprint density at radius 2 is 0.816 bits per heavy atom. The normalized spacial score (nSPS) is 11.1. The maximum absolute atomic E-state index is 11.6. The molecular weight excluding hydrogens is 472 g/mol. The van der Waals surface area contributed by atoms with Crippen LogP contribution in [0.3, 0.4) is 0 Å². The highest BCUT2D eigenvalue weighted by Gasteiger charge is 2.23. The molecule has 6 aromatic carbocycles. The van der Waals surface area contributed by atoms with Crippen LogP contribution >= 0.6 is 0 Å². The summed E-state index contributed by atoms with van der Waals surface area (Å²) in [5.41, 5.74) is 2.99. The number of fused-ring (bicyclic) bond motifs is 2. The molecule has 0 aliphatic carbocycles. The Balaban J connectivity index is 1.52. The number of rotatable bonds is 7. The summed E-state index contributed by atoms with van der Waals surface area (Å²) < 4.78 is 12.2. The van der Waals surface area contributed by atoms with Crippen molar-refractivity contribution in [2.45, 2.75) is 13.2 Å². The van der Waals surface area contributed by atoms with Gasteiger partial charge in [-0.25, -0.2) is 0 Å². The number of hydrogen-bond donors (Lipinski definition) is 2. The van der Waals surface area contributed by atoms with E-state index in [2.05, 4.69) is 0 Å². The van der Waals surface area contributed by atoms with E-state index in [1.54, 1.807) is 0 Å². The third-order valence-corrected chi connectivity index (χ3v) is 6.70. The van der Waals surface area contributed by atoms with Crippen molar-refractivity contribution >= 4 is 21.5 Å². The molecule has 0 atom stereocenters. The monoisotopic (exact) mass is 498 g/mol. The van der Waals surface area contributed by atoms with E-state index in [0.717, 1.165) is 32.7 Å². The molecule has 186 valence electrons. The maximum Gasteiger partial charge on any atom is 0.166 e. The van der Waals surface area contributed by atoms with Gasteiger partial charge in [-0.3, -0.25) is 0 Å². The molecule has 0 unspecified atom stereocenters. The van der Waals surface area contributed by atoms with E-state index in [-0.39, 0.29) is 11.5 Å². The Kier molecular flexibility index (Phi) is 6.29. The first-order valence-corrected chi connectivity index (χ1v) is 12.5. The van der Waals surface area contributed by atoms with Crippen molar-refractivity contribution in [2.24, 2.45) is 0 Å². The van der Waals surface area contributed by atoms with Crippen LogP contribution in [0, 0.1) is 0 Å². The largest absolute Gasteiger partial charge is 0.504 e. The Bertz CT molecular complexity index is 1600. The molecule has 0 amide bonds. The van der Waals surface area contributed by atoms with Crippen LogP contribution in [-0.4, -0.2) is 10.2 Å². The molecule has 0 saturated carbocycles. The molecule has 2 N–H and O–H groups in total. The molecule has 0 aliphatic heterocycles. The molecule has 0 heterocycles. The van der Waals surface area contributed by atoms with Crippen LogP contribution in [0.15, 0.2) is 121 Å². The molecule has 0 spiro atoms. The summed E-state index contributed by atoms with van der Waals surface area (Å²) in [4.78, 5) is 0. The van der Waals surface area contributed by atoms with Gasteiger partial charge in [0.1, 0.15) is 13.2 Å². The number of phenols is 2. The van der Waals surface area contributed by atoms with Gasteiger partial charge in [-0.1, -0.05) is 109 Å².